The van der Waals surface area contributed by atoms with Crippen LogP contribution in [0.2, 0.25) is 0 Å². The Balaban J connectivity index is 1.97. The van der Waals surface area contributed by atoms with Crippen molar-refractivity contribution in [2.45, 2.75) is 37.9 Å². The van der Waals surface area contributed by atoms with Crippen molar-refractivity contribution in [2.75, 3.05) is 0 Å². The molecule has 0 atom stereocenters. The molecule has 0 aromatic carbocycles. The fraction of sp³-hybridized carbons (Fsp3) is 0.462. The minimum atomic E-state index is -4.30. The van der Waals surface area contributed by atoms with E-state index in [9.17, 15) is 13.2 Å². The van der Waals surface area contributed by atoms with Gasteiger partial charge in [0.25, 0.3) is 0 Å². The Labute approximate surface area is 113 Å². The Morgan fingerprint density at radius 2 is 2.05 bits per heavy atom. The molecule has 1 aliphatic carbocycles. The monoisotopic (exact) mass is 282 g/mol. The number of nitrogens with zero attached hydrogens (tertiary/aromatic N) is 4. The van der Waals surface area contributed by atoms with Crippen molar-refractivity contribution in [2.24, 2.45) is 0 Å². The summed E-state index contributed by atoms with van der Waals surface area (Å²) < 4.78 is 38.8. The molecule has 1 aliphatic rings. The molecule has 106 valence electrons. The van der Waals surface area contributed by atoms with Crippen molar-refractivity contribution in [3.05, 3.63) is 30.2 Å². The summed E-state index contributed by atoms with van der Waals surface area (Å²) in [5, 5.41) is 3.99. The van der Waals surface area contributed by atoms with Gasteiger partial charge in [0.05, 0.1) is 0 Å². The van der Waals surface area contributed by atoms with Gasteiger partial charge >= 0.3 is 6.18 Å². The molecule has 2 aromatic heterocycles. The lowest BCUT2D eigenvalue weighted by molar-refractivity contribution is -0.143. The molecule has 4 nitrogen and oxygen atoms in total. The minimum absolute atomic E-state index is 0.0855. The van der Waals surface area contributed by atoms with Crippen LogP contribution < -0.4 is 0 Å². The third kappa shape index (κ3) is 2.66. The number of hydrogen-bond donors (Lipinski definition) is 0. The van der Waals surface area contributed by atoms with E-state index in [1.54, 1.807) is 24.4 Å². The molecule has 20 heavy (non-hydrogen) atoms. The molecule has 3 rings (SSSR count). The standard InChI is InChI=1S/C13H13F3N4/c14-13(15,16)8-20-12(9-4-3-5-9)18-11(19-20)10-6-1-2-7-17-10/h1-2,6-7,9H,3-5,8H2. The third-order valence-electron chi connectivity index (χ3n) is 3.39. The Morgan fingerprint density at radius 1 is 1.25 bits per heavy atom. The van der Waals surface area contributed by atoms with Crippen LogP contribution in [-0.4, -0.2) is 25.9 Å². The van der Waals surface area contributed by atoms with Crippen molar-refractivity contribution < 1.29 is 13.2 Å². The lowest BCUT2D eigenvalue weighted by Crippen LogP contribution is -2.23. The molecule has 7 heteroatoms. The van der Waals surface area contributed by atoms with Crippen LogP contribution in [0.5, 0.6) is 0 Å². The number of rotatable bonds is 3. The molecule has 1 saturated carbocycles. The molecule has 1 fully saturated rings. The number of alkyl halides is 3. The largest absolute Gasteiger partial charge is 0.408 e. The zero-order valence-corrected chi connectivity index (χ0v) is 10.6. The van der Waals surface area contributed by atoms with Crippen molar-refractivity contribution in [3.8, 4) is 11.5 Å². The smallest absolute Gasteiger partial charge is 0.253 e. The first-order valence-electron chi connectivity index (χ1n) is 6.46. The Kier molecular flexibility index (Phi) is 3.19. The SMILES string of the molecule is FC(F)(F)Cn1nc(-c2ccccn2)nc1C1CCC1. The van der Waals surface area contributed by atoms with Crippen molar-refractivity contribution in [1.82, 2.24) is 19.7 Å². The predicted octanol–water partition coefficient (Wildman–Crippen LogP) is 3.17. The highest BCUT2D eigenvalue weighted by Gasteiger charge is 2.33. The van der Waals surface area contributed by atoms with Gasteiger partial charge in [0, 0.05) is 12.1 Å². The van der Waals surface area contributed by atoms with Crippen LogP contribution in [0.25, 0.3) is 11.5 Å². The van der Waals surface area contributed by atoms with Crippen molar-refractivity contribution >= 4 is 0 Å². The molecule has 0 N–H and O–H groups in total. The van der Waals surface area contributed by atoms with E-state index in [2.05, 4.69) is 15.1 Å². The fourth-order valence-electron chi connectivity index (χ4n) is 2.21. The van der Waals surface area contributed by atoms with E-state index in [0.29, 0.717) is 11.5 Å². The van der Waals surface area contributed by atoms with Crippen molar-refractivity contribution in [1.29, 1.82) is 0 Å². The summed E-state index contributed by atoms with van der Waals surface area (Å²) in [5.74, 6) is 0.772. The van der Waals surface area contributed by atoms with E-state index in [0.717, 1.165) is 23.9 Å². The topological polar surface area (TPSA) is 43.6 Å². The first kappa shape index (κ1) is 13.1. The quantitative estimate of drug-likeness (QED) is 0.868. The van der Waals surface area contributed by atoms with Gasteiger partial charge in [0.2, 0.25) is 0 Å². The normalized spacial score (nSPS) is 16.1. The van der Waals surface area contributed by atoms with Crippen LogP contribution in [0.3, 0.4) is 0 Å². The maximum absolute atomic E-state index is 12.6. The van der Waals surface area contributed by atoms with E-state index in [1.165, 1.54) is 0 Å². The highest BCUT2D eigenvalue weighted by molar-refractivity contribution is 5.48. The molecule has 0 bridgehead atoms. The molecule has 0 unspecified atom stereocenters. The second kappa shape index (κ2) is 4.88. The van der Waals surface area contributed by atoms with Gasteiger partial charge in [-0.3, -0.25) is 4.98 Å². The molecule has 0 amide bonds. The van der Waals surface area contributed by atoms with E-state index >= 15 is 0 Å². The highest BCUT2D eigenvalue weighted by atomic mass is 19.4. The Bertz CT molecular complexity index is 587. The molecule has 0 spiro atoms. The first-order chi connectivity index (χ1) is 9.53. The summed E-state index contributed by atoms with van der Waals surface area (Å²) in [6, 6.07) is 5.19. The highest BCUT2D eigenvalue weighted by Crippen LogP contribution is 2.36. The van der Waals surface area contributed by atoms with Crippen LogP contribution in [0.1, 0.15) is 31.0 Å². The molecular weight excluding hydrogens is 269 g/mol. The van der Waals surface area contributed by atoms with Gasteiger partial charge in [0.15, 0.2) is 5.82 Å². The van der Waals surface area contributed by atoms with E-state index in [1.807, 2.05) is 0 Å². The van der Waals surface area contributed by atoms with E-state index in [-0.39, 0.29) is 11.7 Å². The molecule has 0 radical (unpaired) electrons. The average molecular weight is 282 g/mol. The van der Waals surface area contributed by atoms with E-state index in [4.69, 9.17) is 0 Å². The summed E-state index contributed by atoms with van der Waals surface area (Å²) >= 11 is 0. The number of halogens is 3. The van der Waals surface area contributed by atoms with Gasteiger partial charge in [-0.1, -0.05) is 12.5 Å². The van der Waals surface area contributed by atoms with Gasteiger partial charge in [0.1, 0.15) is 18.1 Å². The number of aromatic nitrogens is 4. The summed E-state index contributed by atoms with van der Waals surface area (Å²) in [5.41, 5.74) is 0.494. The summed E-state index contributed by atoms with van der Waals surface area (Å²) in [4.78, 5) is 8.36. The van der Waals surface area contributed by atoms with Crippen molar-refractivity contribution in [3.63, 3.8) is 0 Å². The third-order valence-corrected chi connectivity index (χ3v) is 3.39. The van der Waals surface area contributed by atoms with Crippen LogP contribution in [0.4, 0.5) is 13.2 Å². The second-order valence-corrected chi connectivity index (χ2v) is 4.91. The number of pyridine rings is 1. The summed E-state index contributed by atoms with van der Waals surface area (Å²) in [6.07, 6.45) is 0.0509. The maximum atomic E-state index is 12.6. The fourth-order valence-corrected chi connectivity index (χ4v) is 2.21. The minimum Gasteiger partial charge on any atom is -0.253 e. The van der Waals surface area contributed by atoms with Crippen LogP contribution in [0, 0.1) is 0 Å². The van der Waals surface area contributed by atoms with E-state index < -0.39 is 12.7 Å². The molecule has 2 heterocycles. The van der Waals surface area contributed by atoms with Gasteiger partial charge in [-0.15, -0.1) is 5.10 Å². The number of hydrogen-bond acceptors (Lipinski definition) is 3. The summed E-state index contributed by atoms with van der Waals surface area (Å²) in [6.45, 7) is -1.10. The Hall–Kier alpha value is -1.92. The van der Waals surface area contributed by atoms with Crippen LogP contribution in [-0.2, 0) is 6.54 Å². The van der Waals surface area contributed by atoms with Crippen LogP contribution >= 0.6 is 0 Å². The maximum Gasteiger partial charge on any atom is 0.408 e. The predicted molar refractivity (Wildman–Crippen MR) is 65.9 cm³/mol. The molecular formula is C13H13F3N4. The van der Waals surface area contributed by atoms with Gasteiger partial charge in [-0.2, -0.15) is 13.2 Å². The molecule has 0 saturated heterocycles. The zero-order chi connectivity index (χ0) is 14.2. The van der Waals surface area contributed by atoms with Gasteiger partial charge in [-0.25, -0.2) is 9.67 Å². The molecule has 0 aliphatic heterocycles. The van der Waals surface area contributed by atoms with Crippen LogP contribution in [0.15, 0.2) is 24.4 Å². The second-order valence-electron chi connectivity index (χ2n) is 4.91. The Morgan fingerprint density at radius 3 is 2.60 bits per heavy atom. The summed E-state index contributed by atoms with van der Waals surface area (Å²) in [7, 11) is 0. The van der Waals surface area contributed by atoms with Gasteiger partial charge in [-0.05, 0) is 25.0 Å². The average Bonchev–Trinajstić information content (AvgIpc) is 2.70. The first-order valence-corrected chi connectivity index (χ1v) is 6.46. The lowest BCUT2D eigenvalue weighted by Gasteiger charge is -2.24. The lowest BCUT2D eigenvalue weighted by atomic mass is 9.85. The zero-order valence-electron chi connectivity index (χ0n) is 10.6. The molecule has 2 aromatic rings. The van der Waals surface area contributed by atoms with Gasteiger partial charge < -0.3 is 0 Å².